The number of rotatable bonds is 2. The van der Waals surface area contributed by atoms with Crippen LogP contribution in [0.2, 0.25) is 0 Å². The number of aromatic amines is 1. The second kappa shape index (κ2) is 13.4. The monoisotopic (exact) mass is 765 g/mol. The molecule has 5 nitrogen and oxygen atoms in total. The highest BCUT2D eigenvalue weighted by Gasteiger charge is 2.28. The van der Waals surface area contributed by atoms with E-state index in [0.717, 1.165) is 83.3 Å². The van der Waals surface area contributed by atoms with E-state index in [9.17, 15) is 5.26 Å². The maximum Gasteiger partial charge on any atom is 0.220 e. The largest absolute Gasteiger partial charge is 0.353 e. The molecule has 1 aliphatic heterocycles. The van der Waals surface area contributed by atoms with Crippen molar-refractivity contribution in [1.82, 2.24) is 15.0 Å². The molecule has 288 valence electrons. The molecule has 0 unspecified atom stereocenters. The molecule has 8 aromatic rings. The fraction of sp³-hybridized carbons (Fsp3) is 0.222. The number of aromatic nitrogens is 3. The Labute approximate surface area is 347 Å². The van der Waals surface area contributed by atoms with Gasteiger partial charge in [0.25, 0.3) is 0 Å². The fourth-order valence-corrected chi connectivity index (χ4v) is 8.39. The van der Waals surface area contributed by atoms with Crippen molar-refractivity contribution in [1.29, 1.82) is 5.26 Å². The van der Waals surface area contributed by atoms with Crippen LogP contribution in [0.25, 0.3) is 93.9 Å². The maximum absolute atomic E-state index is 11.1. The van der Waals surface area contributed by atoms with Crippen LogP contribution < -0.4 is 0 Å². The van der Waals surface area contributed by atoms with Crippen LogP contribution in [0.5, 0.6) is 0 Å². The van der Waals surface area contributed by atoms with Crippen molar-refractivity contribution in [2.24, 2.45) is 0 Å². The van der Waals surface area contributed by atoms with Crippen LogP contribution in [-0.4, -0.2) is 15.0 Å². The first-order valence-electron chi connectivity index (χ1n) is 20.3. The van der Waals surface area contributed by atoms with Gasteiger partial charge >= 0.3 is 0 Å². The molecule has 3 aromatic heterocycles. The number of benzene rings is 5. The van der Waals surface area contributed by atoms with Gasteiger partial charge in [-0.2, -0.15) is 5.26 Å². The third-order valence-corrected chi connectivity index (χ3v) is 11.9. The van der Waals surface area contributed by atoms with Gasteiger partial charge in [0, 0.05) is 33.0 Å². The van der Waals surface area contributed by atoms with Gasteiger partial charge in [-0.15, -0.1) is 0 Å². The van der Waals surface area contributed by atoms with E-state index in [1.165, 1.54) is 11.1 Å². The molecule has 0 saturated heterocycles. The summed E-state index contributed by atoms with van der Waals surface area (Å²) < 4.78 is 0. The first-order valence-corrected chi connectivity index (χ1v) is 20.3. The van der Waals surface area contributed by atoms with Gasteiger partial charge < -0.3 is 4.98 Å². The third-order valence-electron chi connectivity index (χ3n) is 11.9. The third kappa shape index (κ3) is 6.39. The zero-order valence-corrected chi connectivity index (χ0v) is 35.3. The first kappa shape index (κ1) is 37.7. The first-order chi connectivity index (χ1) is 28.0. The second-order valence-corrected chi connectivity index (χ2v) is 19.1. The number of H-pyrrole nitrogens is 1. The summed E-state index contributed by atoms with van der Waals surface area (Å²) in [6.45, 7) is 28.8. The molecule has 9 rings (SSSR count). The van der Waals surface area contributed by atoms with Crippen molar-refractivity contribution in [2.45, 2.75) is 78.6 Å². The predicted octanol–water partition coefficient (Wildman–Crippen LogP) is 14.7. The zero-order chi connectivity index (χ0) is 41.6. The molecule has 59 heavy (non-hydrogen) atoms. The van der Waals surface area contributed by atoms with E-state index in [2.05, 4.69) is 157 Å². The summed E-state index contributed by atoms with van der Waals surface area (Å²) in [7, 11) is 0. The molecule has 0 spiro atoms. The SMILES string of the molecule is [C-]#[N+]c1c(-c2ccccc2)cc2nc1-c1cc(cc(C(C)(C)C)c1)-c1nc(cc(-c3ccccc3)c1C#N)-c1cc(C(C)(C)C)cc3c1[nH]c1c-2cc(C(C)(C)C)cc13. The Morgan fingerprint density at radius 3 is 1.42 bits per heavy atom. The van der Waals surface area contributed by atoms with Gasteiger partial charge in [-0.3, -0.25) is 4.98 Å². The van der Waals surface area contributed by atoms with Gasteiger partial charge in [0.1, 0.15) is 6.07 Å². The summed E-state index contributed by atoms with van der Waals surface area (Å²) in [6, 6.07) is 42.8. The van der Waals surface area contributed by atoms with Crippen molar-refractivity contribution < 1.29 is 0 Å². The molecule has 0 radical (unpaired) electrons. The number of hydrogen-bond donors (Lipinski definition) is 1. The van der Waals surface area contributed by atoms with Crippen LogP contribution in [0.4, 0.5) is 5.69 Å². The highest BCUT2D eigenvalue weighted by Crippen LogP contribution is 2.48. The van der Waals surface area contributed by atoms with E-state index in [1.54, 1.807) is 0 Å². The quantitative estimate of drug-likeness (QED) is 0.178. The number of nitrogens with zero attached hydrogens (tertiary/aromatic N) is 4. The lowest BCUT2D eigenvalue weighted by Gasteiger charge is -2.23. The molecule has 5 heteroatoms. The summed E-state index contributed by atoms with van der Waals surface area (Å²) in [5.41, 5.74) is 15.6. The van der Waals surface area contributed by atoms with E-state index in [-0.39, 0.29) is 16.2 Å². The Kier molecular flexibility index (Phi) is 8.55. The summed E-state index contributed by atoms with van der Waals surface area (Å²) in [4.78, 5) is 19.3. The topological polar surface area (TPSA) is 69.7 Å². The minimum absolute atomic E-state index is 0.175. The lowest BCUT2D eigenvalue weighted by molar-refractivity contribution is 0.590. The van der Waals surface area contributed by atoms with Crippen LogP contribution in [0.15, 0.2) is 115 Å². The summed E-state index contributed by atoms with van der Waals surface area (Å²) in [6.07, 6.45) is 0. The normalized spacial score (nSPS) is 12.5. The molecule has 4 heterocycles. The fourth-order valence-electron chi connectivity index (χ4n) is 8.39. The highest BCUT2D eigenvalue weighted by atomic mass is 14.8. The number of nitrogens with one attached hydrogen (secondary N) is 1. The Morgan fingerprint density at radius 1 is 0.508 bits per heavy atom. The Balaban J connectivity index is 1.57. The second-order valence-electron chi connectivity index (χ2n) is 19.1. The molecular weight excluding hydrogens is 719 g/mol. The molecule has 0 atom stereocenters. The van der Waals surface area contributed by atoms with Gasteiger partial charge in [-0.05, 0) is 104 Å². The standard InChI is InChI=1S/C54H47N5/c1-52(2,3)35-22-33-21-34(23-35)48-51(56-10)39(32-19-15-12-16-20-32)29-46(58-48)43-27-37(54(7,8)9)25-41-40-24-36(53(4,5)6)26-42(49(40)59-50(41)43)45-28-38(31-17-13-11-14-18-31)44(30-55)47(33)57-45/h11-29,59H,1-9H3. The number of fused-ring (bicyclic) bond motifs is 11. The van der Waals surface area contributed by atoms with Crippen molar-refractivity contribution in [2.75, 3.05) is 0 Å². The predicted molar refractivity (Wildman–Crippen MR) is 245 cm³/mol. The van der Waals surface area contributed by atoms with Gasteiger partial charge in [0.05, 0.1) is 45.9 Å². The number of pyridine rings is 2. The van der Waals surface area contributed by atoms with Gasteiger partial charge in [-0.1, -0.05) is 129 Å². The van der Waals surface area contributed by atoms with E-state index in [1.807, 2.05) is 36.4 Å². The number of hydrogen-bond acceptors (Lipinski definition) is 3. The van der Waals surface area contributed by atoms with Crippen LogP contribution in [0.3, 0.4) is 0 Å². The van der Waals surface area contributed by atoms with Crippen molar-refractivity contribution >= 4 is 27.5 Å². The molecule has 1 aliphatic rings. The van der Waals surface area contributed by atoms with E-state index < -0.39 is 0 Å². The maximum atomic E-state index is 11.1. The van der Waals surface area contributed by atoms with Crippen molar-refractivity contribution in [3.63, 3.8) is 0 Å². The van der Waals surface area contributed by atoms with E-state index in [0.29, 0.717) is 22.6 Å². The summed E-state index contributed by atoms with van der Waals surface area (Å²) in [5.74, 6) is 0. The van der Waals surface area contributed by atoms with Crippen molar-refractivity contribution in [3.8, 4) is 73.4 Å². The molecule has 8 bridgehead atoms. The molecule has 0 saturated carbocycles. The molecule has 0 amide bonds. The molecule has 5 aromatic carbocycles. The zero-order valence-electron chi connectivity index (χ0n) is 35.3. The minimum Gasteiger partial charge on any atom is -0.353 e. The molecule has 1 N–H and O–H groups in total. The smallest absolute Gasteiger partial charge is 0.220 e. The molecule has 0 aliphatic carbocycles. The number of nitriles is 1. The molecular formula is C54H47N5. The summed E-state index contributed by atoms with van der Waals surface area (Å²) in [5, 5.41) is 13.3. The summed E-state index contributed by atoms with van der Waals surface area (Å²) >= 11 is 0. The Hall–Kier alpha value is -6.82. The van der Waals surface area contributed by atoms with Crippen LogP contribution >= 0.6 is 0 Å². The Morgan fingerprint density at radius 2 is 0.949 bits per heavy atom. The van der Waals surface area contributed by atoms with Gasteiger partial charge in [-0.25, -0.2) is 9.83 Å². The molecule has 0 fully saturated rings. The lowest BCUT2D eigenvalue weighted by atomic mass is 9.82. The van der Waals surface area contributed by atoms with Crippen LogP contribution in [0.1, 0.15) is 84.6 Å². The van der Waals surface area contributed by atoms with Gasteiger partial charge in [0.2, 0.25) is 5.69 Å². The van der Waals surface area contributed by atoms with E-state index in [4.69, 9.17) is 16.5 Å². The highest BCUT2D eigenvalue weighted by molar-refractivity contribution is 6.16. The Bertz CT molecular complexity index is 2900. The van der Waals surface area contributed by atoms with Crippen LogP contribution in [0, 0.1) is 17.9 Å². The average molecular weight is 766 g/mol. The van der Waals surface area contributed by atoms with E-state index >= 15 is 0 Å². The van der Waals surface area contributed by atoms with Gasteiger partial charge in [0.15, 0.2) is 0 Å². The average Bonchev–Trinajstić information content (AvgIpc) is 3.60. The van der Waals surface area contributed by atoms with Crippen molar-refractivity contribution in [3.05, 3.63) is 149 Å². The lowest BCUT2D eigenvalue weighted by Crippen LogP contribution is -2.12. The minimum atomic E-state index is -0.278. The van der Waals surface area contributed by atoms with Crippen LogP contribution in [-0.2, 0) is 16.2 Å².